The van der Waals surface area contributed by atoms with Crippen LogP contribution in [-0.4, -0.2) is 12.1 Å². The molecule has 0 saturated carbocycles. The van der Waals surface area contributed by atoms with E-state index in [2.05, 4.69) is 19.9 Å². The standard InChI is InChI=1S/C12H18O2/c1-10(2)5-4-6-11(3)7-8-12(14)9-13/h5,7,9H,4,6,8H2,1-3H3. The third-order valence-corrected chi connectivity index (χ3v) is 1.87. The highest BCUT2D eigenvalue weighted by Gasteiger charge is 1.95. The molecule has 0 rings (SSSR count). The molecule has 0 aromatic carbocycles. The Morgan fingerprint density at radius 2 is 1.79 bits per heavy atom. The fourth-order valence-corrected chi connectivity index (χ4v) is 1.01. The van der Waals surface area contributed by atoms with Gasteiger partial charge in [0.2, 0.25) is 0 Å². The van der Waals surface area contributed by atoms with E-state index < -0.39 is 0 Å². The molecule has 14 heavy (non-hydrogen) atoms. The summed E-state index contributed by atoms with van der Waals surface area (Å²) in [6.45, 7) is 6.11. The summed E-state index contributed by atoms with van der Waals surface area (Å²) < 4.78 is 0. The molecule has 0 unspecified atom stereocenters. The molecule has 0 aliphatic carbocycles. The highest BCUT2D eigenvalue weighted by molar-refractivity contribution is 6.25. The topological polar surface area (TPSA) is 34.1 Å². The van der Waals surface area contributed by atoms with Gasteiger partial charge in [0.15, 0.2) is 12.1 Å². The molecule has 78 valence electrons. The predicted octanol–water partition coefficient (Wildman–Crippen LogP) is 2.84. The summed E-state index contributed by atoms with van der Waals surface area (Å²) >= 11 is 0. The summed E-state index contributed by atoms with van der Waals surface area (Å²) in [4.78, 5) is 20.7. The number of carbonyl (C=O) groups is 2. The molecule has 0 aliphatic rings. The van der Waals surface area contributed by atoms with Gasteiger partial charge in [-0.2, -0.15) is 0 Å². The second-order valence-corrected chi connectivity index (χ2v) is 3.66. The van der Waals surface area contributed by atoms with Gasteiger partial charge >= 0.3 is 0 Å². The summed E-state index contributed by atoms with van der Waals surface area (Å²) in [5, 5.41) is 0. The minimum absolute atomic E-state index is 0.240. The number of hydrogen-bond acceptors (Lipinski definition) is 2. The van der Waals surface area contributed by atoms with Crippen LogP contribution in [0, 0.1) is 0 Å². The number of carbonyl (C=O) groups excluding carboxylic acids is 2. The van der Waals surface area contributed by atoms with Crippen LogP contribution in [0.15, 0.2) is 23.3 Å². The van der Waals surface area contributed by atoms with Crippen LogP contribution < -0.4 is 0 Å². The fourth-order valence-electron chi connectivity index (χ4n) is 1.01. The molecule has 2 nitrogen and oxygen atoms in total. The number of Topliss-reactive ketones (excluding diaryl/α,β-unsaturated/α-hetero) is 1. The van der Waals surface area contributed by atoms with Gasteiger partial charge in [-0.1, -0.05) is 23.3 Å². The van der Waals surface area contributed by atoms with Crippen molar-refractivity contribution in [2.75, 3.05) is 0 Å². The van der Waals surface area contributed by atoms with Crippen molar-refractivity contribution in [2.24, 2.45) is 0 Å². The molecule has 0 saturated heterocycles. The maximum atomic E-state index is 10.7. The highest BCUT2D eigenvalue weighted by atomic mass is 16.2. The molecule has 2 heteroatoms. The number of ketones is 1. The van der Waals surface area contributed by atoms with Gasteiger partial charge < -0.3 is 0 Å². The van der Waals surface area contributed by atoms with E-state index in [1.54, 1.807) is 0 Å². The first-order valence-electron chi connectivity index (χ1n) is 4.83. The van der Waals surface area contributed by atoms with Crippen LogP contribution in [0.5, 0.6) is 0 Å². The fraction of sp³-hybridized carbons (Fsp3) is 0.500. The molecule has 0 radical (unpaired) electrons. The molecule has 0 heterocycles. The Morgan fingerprint density at radius 3 is 2.29 bits per heavy atom. The predicted molar refractivity (Wildman–Crippen MR) is 58.1 cm³/mol. The van der Waals surface area contributed by atoms with Crippen LogP contribution in [0.4, 0.5) is 0 Å². The van der Waals surface area contributed by atoms with Gasteiger partial charge in [0.25, 0.3) is 0 Å². The Balaban J connectivity index is 3.83. The minimum Gasteiger partial charge on any atom is -0.295 e. The second-order valence-electron chi connectivity index (χ2n) is 3.66. The summed E-state index contributed by atoms with van der Waals surface area (Å²) in [6.07, 6.45) is 6.57. The SMILES string of the molecule is CC(C)=CCCC(C)=CCC(=O)C=O. The van der Waals surface area contributed by atoms with E-state index in [-0.39, 0.29) is 12.2 Å². The Bertz CT molecular complexity index is 255. The van der Waals surface area contributed by atoms with Gasteiger partial charge in [-0.25, -0.2) is 0 Å². The number of rotatable bonds is 6. The number of allylic oxidation sites excluding steroid dienone is 4. The first-order valence-corrected chi connectivity index (χ1v) is 4.83. The summed E-state index contributed by atoms with van der Waals surface area (Å²) in [5.41, 5.74) is 2.47. The van der Waals surface area contributed by atoms with Gasteiger partial charge in [0.1, 0.15) is 0 Å². The van der Waals surface area contributed by atoms with E-state index in [4.69, 9.17) is 0 Å². The van der Waals surface area contributed by atoms with E-state index in [1.807, 2.05) is 13.0 Å². The first kappa shape index (κ1) is 12.8. The number of aldehydes is 1. The Labute approximate surface area is 85.7 Å². The van der Waals surface area contributed by atoms with E-state index in [0.29, 0.717) is 6.29 Å². The van der Waals surface area contributed by atoms with Gasteiger partial charge in [-0.3, -0.25) is 9.59 Å². The zero-order valence-electron chi connectivity index (χ0n) is 9.17. The lowest BCUT2D eigenvalue weighted by molar-refractivity contribution is -0.129. The monoisotopic (exact) mass is 194 g/mol. The molecule has 0 aromatic rings. The Morgan fingerprint density at radius 1 is 1.14 bits per heavy atom. The molecule has 0 bridgehead atoms. The van der Waals surface area contributed by atoms with Gasteiger partial charge in [-0.05, 0) is 33.6 Å². The molecule has 0 amide bonds. The van der Waals surface area contributed by atoms with Gasteiger partial charge in [0.05, 0.1) is 0 Å². The zero-order chi connectivity index (χ0) is 11.0. The lowest BCUT2D eigenvalue weighted by Crippen LogP contribution is -1.95. The summed E-state index contributed by atoms with van der Waals surface area (Å²) in [7, 11) is 0. The van der Waals surface area contributed by atoms with Gasteiger partial charge in [-0.15, -0.1) is 0 Å². The van der Waals surface area contributed by atoms with Crippen LogP contribution in [0.1, 0.15) is 40.0 Å². The Kier molecular flexibility index (Phi) is 6.63. The molecule has 0 aromatic heterocycles. The normalized spacial score (nSPS) is 10.9. The quantitative estimate of drug-likeness (QED) is 0.370. The van der Waals surface area contributed by atoms with Crippen molar-refractivity contribution >= 4 is 12.1 Å². The molecular weight excluding hydrogens is 176 g/mol. The minimum atomic E-state index is -0.355. The first-order chi connectivity index (χ1) is 6.56. The molecule has 0 atom stereocenters. The van der Waals surface area contributed by atoms with Crippen LogP contribution in [0.25, 0.3) is 0 Å². The van der Waals surface area contributed by atoms with E-state index in [9.17, 15) is 9.59 Å². The lowest BCUT2D eigenvalue weighted by atomic mass is 10.1. The van der Waals surface area contributed by atoms with Crippen LogP contribution >= 0.6 is 0 Å². The van der Waals surface area contributed by atoms with Crippen molar-refractivity contribution in [2.45, 2.75) is 40.0 Å². The van der Waals surface area contributed by atoms with Crippen LogP contribution in [-0.2, 0) is 9.59 Å². The third kappa shape index (κ3) is 7.47. The molecule has 0 spiro atoms. The maximum Gasteiger partial charge on any atom is 0.198 e. The molecule has 0 N–H and O–H groups in total. The number of hydrogen-bond donors (Lipinski definition) is 0. The third-order valence-electron chi connectivity index (χ3n) is 1.87. The smallest absolute Gasteiger partial charge is 0.198 e. The maximum absolute atomic E-state index is 10.7. The van der Waals surface area contributed by atoms with Crippen molar-refractivity contribution < 1.29 is 9.59 Å². The van der Waals surface area contributed by atoms with E-state index in [1.165, 1.54) is 5.57 Å². The summed E-state index contributed by atoms with van der Waals surface area (Å²) in [5.74, 6) is -0.355. The van der Waals surface area contributed by atoms with Crippen molar-refractivity contribution in [1.29, 1.82) is 0 Å². The van der Waals surface area contributed by atoms with E-state index in [0.717, 1.165) is 18.4 Å². The average Bonchev–Trinajstić information content (AvgIpc) is 2.13. The van der Waals surface area contributed by atoms with Gasteiger partial charge in [0, 0.05) is 6.42 Å². The molecular formula is C12H18O2. The Hall–Kier alpha value is -1.18. The highest BCUT2D eigenvalue weighted by Crippen LogP contribution is 2.07. The zero-order valence-corrected chi connectivity index (χ0v) is 9.17. The second kappa shape index (κ2) is 7.25. The average molecular weight is 194 g/mol. The lowest BCUT2D eigenvalue weighted by Gasteiger charge is -1.97. The van der Waals surface area contributed by atoms with Crippen molar-refractivity contribution in [3.8, 4) is 0 Å². The van der Waals surface area contributed by atoms with Crippen molar-refractivity contribution in [3.63, 3.8) is 0 Å². The summed E-state index contributed by atoms with van der Waals surface area (Å²) in [6, 6.07) is 0. The molecule has 0 fully saturated rings. The van der Waals surface area contributed by atoms with Crippen LogP contribution in [0.3, 0.4) is 0 Å². The van der Waals surface area contributed by atoms with Crippen molar-refractivity contribution in [1.82, 2.24) is 0 Å². The van der Waals surface area contributed by atoms with Crippen LogP contribution in [0.2, 0.25) is 0 Å². The largest absolute Gasteiger partial charge is 0.295 e. The van der Waals surface area contributed by atoms with E-state index >= 15 is 0 Å². The van der Waals surface area contributed by atoms with Crippen molar-refractivity contribution in [3.05, 3.63) is 23.3 Å². The molecule has 0 aliphatic heterocycles.